The molecule has 2 aromatic rings. The molecular weight excluding hydrogens is 298 g/mol. The van der Waals surface area contributed by atoms with E-state index in [0.717, 1.165) is 12.1 Å². The summed E-state index contributed by atoms with van der Waals surface area (Å²) in [7, 11) is 3.26. The van der Waals surface area contributed by atoms with E-state index in [4.69, 9.17) is 9.47 Å². The van der Waals surface area contributed by atoms with E-state index in [1.165, 1.54) is 7.11 Å². The third-order valence-electron chi connectivity index (χ3n) is 3.71. The highest BCUT2D eigenvalue weighted by atomic mass is 16.5. The first kappa shape index (κ1) is 15.3. The first-order valence-electron chi connectivity index (χ1n) is 7.40. The average molecular weight is 317 g/mol. The van der Waals surface area contributed by atoms with Crippen LogP contribution < -0.4 is 9.47 Å². The highest BCUT2D eigenvalue weighted by Gasteiger charge is 2.31. The molecule has 23 heavy (non-hydrogen) atoms. The number of nitrogens with zero attached hydrogens (tertiary/aromatic N) is 5. The fourth-order valence-electron chi connectivity index (χ4n) is 2.57. The molecule has 0 unspecified atom stereocenters. The van der Waals surface area contributed by atoms with Crippen LogP contribution >= 0.6 is 0 Å². The summed E-state index contributed by atoms with van der Waals surface area (Å²) >= 11 is 0. The Kier molecular flexibility index (Phi) is 4.14. The molecule has 1 atom stereocenters. The standard InChI is InChI=1S/C15H19N5O3/c1-10-4-5-13(17-16-10)23-11-6-7-20(8-11)15(21)12-9-19(2)18-14(12)22-3/h4-5,9,11H,6-8H2,1-3H3/t11-/m0/s1. The van der Waals surface area contributed by atoms with Crippen molar-refractivity contribution in [3.63, 3.8) is 0 Å². The maximum absolute atomic E-state index is 12.6. The Hall–Kier alpha value is -2.64. The van der Waals surface area contributed by atoms with Crippen LogP contribution in [0.2, 0.25) is 0 Å². The molecule has 1 amide bonds. The van der Waals surface area contributed by atoms with Gasteiger partial charge in [0.25, 0.3) is 5.91 Å². The van der Waals surface area contributed by atoms with E-state index in [0.29, 0.717) is 30.4 Å². The molecule has 3 rings (SSSR count). The molecule has 8 nitrogen and oxygen atoms in total. The van der Waals surface area contributed by atoms with Crippen LogP contribution in [0.1, 0.15) is 22.5 Å². The summed E-state index contributed by atoms with van der Waals surface area (Å²) in [5.41, 5.74) is 1.30. The van der Waals surface area contributed by atoms with Gasteiger partial charge in [-0.25, -0.2) is 0 Å². The van der Waals surface area contributed by atoms with E-state index in [-0.39, 0.29) is 12.0 Å². The third kappa shape index (κ3) is 3.25. The van der Waals surface area contributed by atoms with E-state index in [1.54, 1.807) is 28.9 Å². The number of aromatic nitrogens is 4. The van der Waals surface area contributed by atoms with Crippen LogP contribution in [-0.2, 0) is 7.05 Å². The van der Waals surface area contributed by atoms with E-state index in [2.05, 4.69) is 15.3 Å². The number of amides is 1. The molecule has 0 bridgehead atoms. The van der Waals surface area contributed by atoms with Crippen molar-refractivity contribution in [2.24, 2.45) is 7.05 Å². The zero-order valence-corrected chi connectivity index (χ0v) is 13.4. The maximum Gasteiger partial charge on any atom is 0.261 e. The van der Waals surface area contributed by atoms with Crippen LogP contribution in [0.4, 0.5) is 0 Å². The van der Waals surface area contributed by atoms with E-state index >= 15 is 0 Å². The van der Waals surface area contributed by atoms with Gasteiger partial charge in [0.1, 0.15) is 11.7 Å². The minimum atomic E-state index is -0.101. The number of likely N-dealkylation sites (tertiary alicyclic amines) is 1. The van der Waals surface area contributed by atoms with Gasteiger partial charge in [0.05, 0.1) is 19.3 Å². The summed E-state index contributed by atoms with van der Waals surface area (Å²) in [4.78, 5) is 14.3. The van der Waals surface area contributed by atoms with Crippen molar-refractivity contribution in [2.75, 3.05) is 20.2 Å². The van der Waals surface area contributed by atoms with Crippen molar-refractivity contribution in [3.8, 4) is 11.8 Å². The number of ether oxygens (including phenoxy) is 2. The van der Waals surface area contributed by atoms with Crippen LogP contribution in [0.15, 0.2) is 18.3 Å². The van der Waals surface area contributed by atoms with Crippen LogP contribution in [-0.4, -0.2) is 57.1 Å². The van der Waals surface area contributed by atoms with Crippen LogP contribution in [0.3, 0.4) is 0 Å². The van der Waals surface area contributed by atoms with Crippen molar-refractivity contribution in [3.05, 3.63) is 29.6 Å². The first-order valence-corrected chi connectivity index (χ1v) is 7.40. The van der Waals surface area contributed by atoms with Gasteiger partial charge in [-0.1, -0.05) is 0 Å². The van der Waals surface area contributed by atoms with Gasteiger partial charge >= 0.3 is 0 Å². The molecule has 3 heterocycles. The molecule has 8 heteroatoms. The Labute approximate surface area is 134 Å². The Morgan fingerprint density at radius 3 is 2.87 bits per heavy atom. The zero-order chi connectivity index (χ0) is 16.4. The molecule has 1 aliphatic rings. The van der Waals surface area contributed by atoms with Gasteiger partial charge in [-0.3, -0.25) is 9.48 Å². The highest BCUT2D eigenvalue weighted by molar-refractivity contribution is 5.96. The second-order valence-electron chi connectivity index (χ2n) is 5.52. The van der Waals surface area contributed by atoms with Gasteiger partial charge in [0.15, 0.2) is 0 Å². The van der Waals surface area contributed by atoms with Gasteiger partial charge < -0.3 is 14.4 Å². The molecular formula is C15H19N5O3. The maximum atomic E-state index is 12.6. The lowest BCUT2D eigenvalue weighted by molar-refractivity contribution is 0.0767. The van der Waals surface area contributed by atoms with Gasteiger partial charge in [-0.15, -0.1) is 10.2 Å². The van der Waals surface area contributed by atoms with Gasteiger partial charge in [-0.05, 0) is 13.0 Å². The first-order chi connectivity index (χ1) is 11.1. The molecule has 122 valence electrons. The second kappa shape index (κ2) is 6.23. The highest BCUT2D eigenvalue weighted by Crippen LogP contribution is 2.22. The number of hydrogen-bond donors (Lipinski definition) is 0. The van der Waals surface area contributed by atoms with Crippen molar-refractivity contribution in [1.29, 1.82) is 0 Å². The summed E-state index contributed by atoms with van der Waals surface area (Å²) in [5, 5.41) is 12.1. The molecule has 2 aromatic heterocycles. The summed E-state index contributed by atoms with van der Waals surface area (Å²) in [6.45, 7) is 3.00. The lowest BCUT2D eigenvalue weighted by Gasteiger charge is -2.16. The van der Waals surface area contributed by atoms with Gasteiger partial charge in [0.2, 0.25) is 11.8 Å². The zero-order valence-electron chi connectivity index (χ0n) is 13.4. The van der Waals surface area contributed by atoms with Gasteiger partial charge in [0, 0.05) is 32.3 Å². The Morgan fingerprint density at radius 2 is 2.17 bits per heavy atom. The van der Waals surface area contributed by atoms with Crippen LogP contribution in [0.25, 0.3) is 0 Å². The Balaban J connectivity index is 1.64. The molecule has 0 aliphatic carbocycles. The van der Waals surface area contributed by atoms with E-state index < -0.39 is 0 Å². The molecule has 0 N–H and O–H groups in total. The van der Waals surface area contributed by atoms with Crippen molar-refractivity contribution < 1.29 is 14.3 Å². The largest absolute Gasteiger partial charge is 0.479 e. The number of carbonyl (C=O) groups is 1. The van der Waals surface area contributed by atoms with Crippen molar-refractivity contribution >= 4 is 5.91 Å². The summed E-state index contributed by atoms with van der Waals surface area (Å²) < 4.78 is 12.5. The Bertz CT molecular complexity index is 698. The topological polar surface area (TPSA) is 82.4 Å². The minimum absolute atomic E-state index is 0.0846. The third-order valence-corrected chi connectivity index (χ3v) is 3.71. The molecule has 0 spiro atoms. The smallest absolute Gasteiger partial charge is 0.261 e. The summed E-state index contributed by atoms with van der Waals surface area (Å²) in [5.74, 6) is 0.719. The fourth-order valence-corrected chi connectivity index (χ4v) is 2.57. The molecule has 1 saturated heterocycles. The average Bonchev–Trinajstić information content (AvgIpc) is 3.15. The molecule has 1 aliphatic heterocycles. The molecule has 1 fully saturated rings. The predicted octanol–water partition coefficient (Wildman–Crippen LogP) is 0.821. The normalized spacial score (nSPS) is 17.3. The number of methoxy groups -OCH3 is 1. The number of aryl methyl sites for hydroxylation is 2. The van der Waals surface area contributed by atoms with Gasteiger partial charge in [-0.2, -0.15) is 5.10 Å². The molecule has 0 saturated carbocycles. The number of rotatable bonds is 4. The quantitative estimate of drug-likeness (QED) is 0.830. The molecule has 0 radical (unpaired) electrons. The van der Waals surface area contributed by atoms with E-state index in [1.807, 2.05) is 13.0 Å². The fraction of sp³-hybridized carbons (Fsp3) is 0.467. The minimum Gasteiger partial charge on any atom is -0.479 e. The van der Waals surface area contributed by atoms with Crippen molar-refractivity contribution in [1.82, 2.24) is 24.9 Å². The number of carbonyl (C=O) groups excluding carboxylic acids is 1. The SMILES string of the molecule is COc1nn(C)cc1C(=O)N1CC[C@H](Oc2ccc(C)nn2)C1. The summed E-state index contributed by atoms with van der Waals surface area (Å²) in [6.07, 6.45) is 2.34. The second-order valence-corrected chi connectivity index (χ2v) is 5.52. The van der Waals surface area contributed by atoms with Crippen molar-refractivity contribution in [2.45, 2.75) is 19.4 Å². The Morgan fingerprint density at radius 1 is 1.35 bits per heavy atom. The lowest BCUT2D eigenvalue weighted by atomic mass is 10.3. The predicted molar refractivity (Wildman–Crippen MR) is 81.5 cm³/mol. The number of hydrogen-bond acceptors (Lipinski definition) is 6. The lowest BCUT2D eigenvalue weighted by Crippen LogP contribution is -2.31. The van der Waals surface area contributed by atoms with Crippen LogP contribution in [0, 0.1) is 6.92 Å². The molecule has 0 aromatic carbocycles. The van der Waals surface area contributed by atoms with E-state index in [9.17, 15) is 4.79 Å². The monoisotopic (exact) mass is 317 g/mol. The summed E-state index contributed by atoms with van der Waals surface area (Å²) in [6, 6.07) is 3.64. The van der Waals surface area contributed by atoms with Crippen LogP contribution in [0.5, 0.6) is 11.8 Å².